The number of amides is 1. The lowest BCUT2D eigenvalue weighted by molar-refractivity contribution is -0.115. The number of carbonyl (C=O) groups is 1. The Hall–Kier alpha value is -4.92. The predicted octanol–water partition coefficient (Wildman–Crippen LogP) is 4.64. The monoisotopic (exact) mass is 549 g/mol. The number of benzene rings is 2. The zero-order valence-electron chi connectivity index (χ0n) is 22.1. The maximum atomic E-state index is 13.4. The molecule has 0 atom stereocenters. The van der Waals surface area contributed by atoms with Gasteiger partial charge in [0.15, 0.2) is 17.3 Å². The molecular formula is C28H29F2N7O3. The number of nitrogens with zero attached hydrogens (tertiary/aromatic N) is 4. The van der Waals surface area contributed by atoms with E-state index in [1.165, 1.54) is 6.33 Å². The van der Waals surface area contributed by atoms with E-state index in [-0.39, 0.29) is 12.1 Å². The van der Waals surface area contributed by atoms with Gasteiger partial charge in [0, 0.05) is 54.1 Å². The summed E-state index contributed by atoms with van der Waals surface area (Å²) in [7, 11) is 1.55. The van der Waals surface area contributed by atoms with Crippen LogP contribution >= 0.6 is 0 Å². The highest BCUT2D eigenvalue weighted by molar-refractivity contribution is 5.93. The van der Waals surface area contributed by atoms with Gasteiger partial charge in [-0.2, -0.15) is 5.10 Å². The summed E-state index contributed by atoms with van der Waals surface area (Å²) < 4.78 is 38.3. The molecule has 1 amide bonds. The second-order valence-corrected chi connectivity index (χ2v) is 8.85. The van der Waals surface area contributed by atoms with Crippen LogP contribution in [0.3, 0.4) is 0 Å². The van der Waals surface area contributed by atoms with Gasteiger partial charge in [-0.15, -0.1) is 0 Å². The Morgan fingerprint density at radius 2 is 1.90 bits per heavy atom. The molecule has 4 aromatic rings. The molecule has 3 N–H and O–H groups in total. The highest BCUT2D eigenvalue weighted by Crippen LogP contribution is 2.34. The van der Waals surface area contributed by atoms with Crippen LogP contribution < -0.4 is 20.1 Å². The summed E-state index contributed by atoms with van der Waals surface area (Å²) in [6, 6.07) is 10.7. The minimum atomic E-state index is -0.783. The van der Waals surface area contributed by atoms with Crippen molar-refractivity contribution in [3.63, 3.8) is 0 Å². The molecular weight excluding hydrogens is 520 g/mol. The Balaban J connectivity index is 1.41. The van der Waals surface area contributed by atoms with Crippen LogP contribution in [0.15, 0.2) is 42.7 Å². The number of hydrogen-bond acceptors (Lipinski definition) is 8. The summed E-state index contributed by atoms with van der Waals surface area (Å²) in [5.41, 5.74) is 1.13. The van der Waals surface area contributed by atoms with Gasteiger partial charge in [0.25, 0.3) is 0 Å². The SMILES string of the molecule is C#CN(CCC)CCCOc1cc2ncnc(Nc3cc(CC(=O)Nc4cc(F)cc(F)c4)[nH]n3)c2cc1OC. The Labute approximate surface area is 230 Å². The van der Waals surface area contributed by atoms with E-state index >= 15 is 0 Å². The molecule has 0 saturated carbocycles. The van der Waals surface area contributed by atoms with Crippen LogP contribution in [0.1, 0.15) is 25.5 Å². The summed E-state index contributed by atoms with van der Waals surface area (Å²) in [5.74, 6) is -0.0956. The van der Waals surface area contributed by atoms with Crippen molar-refractivity contribution in [2.75, 3.05) is 37.4 Å². The van der Waals surface area contributed by atoms with E-state index in [2.05, 4.69) is 43.8 Å². The molecule has 12 heteroatoms. The molecule has 10 nitrogen and oxygen atoms in total. The van der Waals surface area contributed by atoms with E-state index in [0.717, 1.165) is 44.1 Å². The number of halogens is 2. The lowest BCUT2D eigenvalue weighted by Crippen LogP contribution is -2.21. The van der Waals surface area contributed by atoms with E-state index in [9.17, 15) is 13.6 Å². The standard InChI is InChI=1S/C28H29F2N7O3/c1-4-7-37(5-2)8-6-9-40-25-16-23-22(15-24(25)39-3)28(32-17-31-23)34-26-13-21(35-36-26)14-27(38)33-20-11-18(29)10-19(30)12-20/h2,10-13,15-17H,4,6-9,14H2,1,3H3,(H,33,38)(H2,31,32,34,35,36). The van der Waals surface area contributed by atoms with E-state index in [1.54, 1.807) is 25.3 Å². The summed E-state index contributed by atoms with van der Waals surface area (Å²) in [6.45, 7) is 4.10. The first kappa shape index (κ1) is 28.1. The van der Waals surface area contributed by atoms with Crippen molar-refractivity contribution in [2.45, 2.75) is 26.2 Å². The van der Waals surface area contributed by atoms with Crippen LogP contribution in [-0.2, 0) is 11.2 Å². The van der Waals surface area contributed by atoms with Gasteiger partial charge in [-0.3, -0.25) is 9.89 Å². The highest BCUT2D eigenvalue weighted by atomic mass is 19.1. The van der Waals surface area contributed by atoms with Gasteiger partial charge in [-0.25, -0.2) is 18.7 Å². The summed E-state index contributed by atoms with van der Waals surface area (Å²) in [6.07, 6.45) is 8.59. The molecule has 0 fully saturated rings. The predicted molar refractivity (Wildman–Crippen MR) is 147 cm³/mol. The highest BCUT2D eigenvalue weighted by Gasteiger charge is 2.14. The first-order valence-electron chi connectivity index (χ1n) is 12.6. The number of aromatic nitrogens is 4. The van der Waals surface area contributed by atoms with E-state index in [4.69, 9.17) is 15.9 Å². The third kappa shape index (κ3) is 7.35. The van der Waals surface area contributed by atoms with Crippen molar-refractivity contribution in [3.05, 3.63) is 60.1 Å². The van der Waals surface area contributed by atoms with Gasteiger partial charge in [-0.1, -0.05) is 13.3 Å². The molecule has 0 aliphatic rings. The molecule has 0 saturated heterocycles. The third-order valence-electron chi connectivity index (χ3n) is 5.80. The van der Waals surface area contributed by atoms with Crippen LogP contribution in [0.25, 0.3) is 10.9 Å². The van der Waals surface area contributed by atoms with Crippen molar-refractivity contribution < 1.29 is 23.0 Å². The quantitative estimate of drug-likeness (QED) is 0.126. The zero-order chi connectivity index (χ0) is 28.5. The maximum absolute atomic E-state index is 13.4. The molecule has 0 aliphatic heterocycles. The number of methoxy groups -OCH3 is 1. The third-order valence-corrected chi connectivity index (χ3v) is 5.80. The molecule has 40 heavy (non-hydrogen) atoms. The number of rotatable bonds is 13. The van der Waals surface area contributed by atoms with Crippen molar-refractivity contribution >= 4 is 34.1 Å². The molecule has 4 rings (SSSR count). The molecule has 2 aromatic heterocycles. The fourth-order valence-corrected chi connectivity index (χ4v) is 4.03. The molecule has 0 bridgehead atoms. The van der Waals surface area contributed by atoms with Crippen molar-refractivity contribution in [1.29, 1.82) is 0 Å². The topological polar surface area (TPSA) is 117 Å². The van der Waals surface area contributed by atoms with Crippen LogP contribution in [0.2, 0.25) is 0 Å². The van der Waals surface area contributed by atoms with E-state index in [0.29, 0.717) is 46.3 Å². The average Bonchev–Trinajstić information content (AvgIpc) is 3.35. The minimum Gasteiger partial charge on any atom is -0.493 e. The smallest absolute Gasteiger partial charge is 0.230 e. The van der Waals surface area contributed by atoms with Gasteiger partial charge in [0.05, 0.1) is 25.7 Å². The number of anilines is 3. The van der Waals surface area contributed by atoms with E-state index < -0.39 is 17.5 Å². The summed E-state index contributed by atoms with van der Waals surface area (Å²) >= 11 is 0. The zero-order valence-corrected chi connectivity index (χ0v) is 22.1. The van der Waals surface area contributed by atoms with E-state index in [1.807, 2.05) is 4.90 Å². The van der Waals surface area contributed by atoms with Gasteiger partial charge in [0.1, 0.15) is 23.8 Å². The fraction of sp³-hybridized carbons (Fsp3) is 0.286. The largest absolute Gasteiger partial charge is 0.493 e. The number of H-pyrrole nitrogens is 1. The summed E-state index contributed by atoms with van der Waals surface area (Å²) in [5, 5.41) is 13.2. The molecule has 0 radical (unpaired) electrons. The Morgan fingerprint density at radius 3 is 2.62 bits per heavy atom. The molecule has 2 heterocycles. The number of carbonyl (C=O) groups excluding carboxylic acids is 1. The number of nitrogens with one attached hydrogen (secondary N) is 3. The van der Waals surface area contributed by atoms with Gasteiger partial charge < -0.3 is 25.0 Å². The minimum absolute atomic E-state index is 0.0242. The van der Waals surface area contributed by atoms with Crippen LogP contribution in [0, 0.1) is 24.1 Å². The van der Waals surface area contributed by atoms with Crippen LogP contribution in [0.5, 0.6) is 11.5 Å². The second kappa shape index (κ2) is 13.2. The fourth-order valence-electron chi connectivity index (χ4n) is 4.03. The summed E-state index contributed by atoms with van der Waals surface area (Å²) in [4.78, 5) is 22.9. The van der Waals surface area contributed by atoms with Gasteiger partial charge in [-0.05, 0) is 31.0 Å². The van der Waals surface area contributed by atoms with Gasteiger partial charge in [0.2, 0.25) is 5.91 Å². The maximum Gasteiger partial charge on any atom is 0.230 e. The molecule has 0 aliphatic carbocycles. The average molecular weight is 550 g/mol. The van der Waals surface area contributed by atoms with Crippen molar-refractivity contribution in [1.82, 2.24) is 25.1 Å². The number of hydrogen-bond donors (Lipinski definition) is 3. The second-order valence-electron chi connectivity index (χ2n) is 8.85. The first-order chi connectivity index (χ1) is 19.4. The van der Waals surface area contributed by atoms with Crippen LogP contribution in [-0.4, -0.2) is 57.8 Å². The molecule has 0 spiro atoms. The van der Waals surface area contributed by atoms with Crippen molar-refractivity contribution in [2.24, 2.45) is 0 Å². The van der Waals surface area contributed by atoms with Crippen molar-refractivity contribution in [3.8, 4) is 24.0 Å². The normalized spacial score (nSPS) is 10.7. The molecule has 0 unspecified atom stereocenters. The lowest BCUT2D eigenvalue weighted by Gasteiger charge is -2.17. The Kier molecular flexibility index (Phi) is 9.30. The number of terminal acetylenes is 1. The number of ether oxygens (including phenoxy) is 2. The molecule has 2 aromatic carbocycles. The first-order valence-corrected chi connectivity index (χ1v) is 12.6. The lowest BCUT2D eigenvalue weighted by atomic mass is 10.2. The van der Waals surface area contributed by atoms with Gasteiger partial charge >= 0.3 is 0 Å². The molecule has 208 valence electrons. The van der Waals surface area contributed by atoms with Crippen LogP contribution in [0.4, 0.5) is 26.1 Å². The number of fused-ring (bicyclic) bond motifs is 1. The Bertz CT molecular complexity index is 1500. The number of aromatic amines is 1. The Morgan fingerprint density at radius 1 is 1.10 bits per heavy atom.